The van der Waals surface area contributed by atoms with E-state index in [-0.39, 0.29) is 12.1 Å². The molecule has 2 aromatic rings. The van der Waals surface area contributed by atoms with Crippen LogP contribution in [0.2, 0.25) is 0 Å². The number of hydrogen-bond acceptors (Lipinski definition) is 2. The molecular formula is C13H15NO2. The van der Waals surface area contributed by atoms with E-state index in [1.165, 1.54) is 17.8 Å². The zero-order chi connectivity index (χ0) is 11.5. The maximum atomic E-state index is 10.8. The van der Waals surface area contributed by atoms with Crippen molar-refractivity contribution < 1.29 is 9.53 Å². The number of rotatable bonds is 3. The molecule has 84 valence electrons. The molecule has 0 radical (unpaired) electrons. The molecule has 2 rings (SSSR count). The molecule has 1 atom stereocenters. The first-order valence-electron chi connectivity index (χ1n) is 5.38. The van der Waals surface area contributed by atoms with Crippen LogP contribution >= 0.6 is 0 Å². The standard InChI is InChI=1S/C13H15NO2/c1-10(16-11(2)15)9-14-8-7-12-5-3-4-6-13(12)14/h3-8,10H,9H2,1-2H3/t10-/m1/s1. The van der Waals surface area contributed by atoms with Crippen molar-refractivity contribution in [3.8, 4) is 0 Å². The summed E-state index contributed by atoms with van der Waals surface area (Å²) >= 11 is 0. The number of aromatic nitrogens is 1. The van der Waals surface area contributed by atoms with Crippen LogP contribution in [0.3, 0.4) is 0 Å². The second kappa shape index (κ2) is 4.39. The van der Waals surface area contributed by atoms with Crippen LogP contribution in [0.4, 0.5) is 0 Å². The van der Waals surface area contributed by atoms with E-state index in [1.807, 2.05) is 25.3 Å². The molecule has 1 aromatic heterocycles. The van der Waals surface area contributed by atoms with Gasteiger partial charge in [-0.25, -0.2) is 0 Å². The van der Waals surface area contributed by atoms with Gasteiger partial charge in [-0.15, -0.1) is 0 Å². The molecule has 1 heterocycles. The minimum atomic E-state index is -0.232. The number of nitrogens with zero attached hydrogens (tertiary/aromatic N) is 1. The summed E-state index contributed by atoms with van der Waals surface area (Å²) in [6.45, 7) is 4.02. The molecule has 0 aliphatic heterocycles. The van der Waals surface area contributed by atoms with Gasteiger partial charge in [0, 0.05) is 18.6 Å². The van der Waals surface area contributed by atoms with Crippen molar-refractivity contribution >= 4 is 16.9 Å². The average Bonchev–Trinajstić information content (AvgIpc) is 2.61. The Labute approximate surface area is 94.6 Å². The Morgan fingerprint density at radius 3 is 2.88 bits per heavy atom. The summed E-state index contributed by atoms with van der Waals surface area (Å²) in [5.74, 6) is -0.232. The molecule has 0 fully saturated rings. The van der Waals surface area contributed by atoms with Crippen LogP contribution in [0, 0.1) is 0 Å². The zero-order valence-electron chi connectivity index (χ0n) is 9.51. The molecule has 0 aliphatic rings. The third kappa shape index (κ3) is 2.24. The van der Waals surface area contributed by atoms with Crippen LogP contribution in [0.15, 0.2) is 36.5 Å². The van der Waals surface area contributed by atoms with Crippen LogP contribution < -0.4 is 0 Å². The third-order valence-corrected chi connectivity index (χ3v) is 2.50. The van der Waals surface area contributed by atoms with Gasteiger partial charge in [-0.05, 0) is 24.4 Å². The van der Waals surface area contributed by atoms with E-state index in [2.05, 4.69) is 22.8 Å². The second-order valence-corrected chi connectivity index (χ2v) is 3.95. The smallest absolute Gasteiger partial charge is 0.302 e. The van der Waals surface area contributed by atoms with Gasteiger partial charge in [-0.3, -0.25) is 4.79 Å². The topological polar surface area (TPSA) is 31.2 Å². The first kappa shape index (κ1) is 10.7. The van der Waals surface area contributed by atoms with Crippen molar-refractivity contribution in [3.63, 3.8) is 0 Å². The number of benzene rings is 1. The number of carbonyl (C=O) groups is 1. The lowest BCUT2D eigenvalue weighted by atomic mass is 10.2. The van der Waals surface area contributed by atoms with Gasteiger partial charge in [-0.2, -0.15) is 0 Å². The molecule has 0 saturated heterocycles. The molecule has 16 heavy (non-hydrogen) atoms. The lowest BCUT2D eigenvalue weighted by Crippen LogP contribution is -2.18. The average molecular weight is 217 g/mol. The molecule has 0 aliphatic carbocycles. The number of fused-ring (bicyclic) bond motifs is 1. The maximum Gasteiger partial charge on any atom is 0.302 e. The first-order valence-corrected chi connectivity index (χ1v) is 5.38. The molecule has 0 N–H and O–H groups in total. The normalized spacial score (nSPS) is 12.6. The van der Waals surface area contributed by atoms with E-state index < -0.39 is 0 Å². The first-order chi connectivity index (χ1) is 7.66. The second-order valence-electron chi connectivity index (χ2n) is 3.95. The minimum absolute atomic E-state index is 0.103. The Hall–Kier alpha value is -1.77. The van der Waals surface area contributed by atoms with E-state index in [4.69, 9.17) is 4.74 Å². The van der Waals surface area contributed by atoms with Gasteiger partial charge < -0.3 is 9.30 Å². The van der Waals surface area contributed by atoms with Crippen LogP contribution in [0.5, 0.6) is 0 Å². The Morgan fingerprint density at radius 1 is 1.38 bits per heavy atom. The van der Waals surface area contributed by atoms with Gasteiger partial charge in [-0.1, -0.05) is 18.2 Å². The number of esters is 1. The SMILES string of the molecule is CC(=O)O[C@H](C)Cn1ccc2ccccc21. The van der Waals surface area contributed by atoms with Crippen LogP contribution in [0.25, 0.3) is 10.9 Å². The van der Waals surface area contributed by atoms with E-state index in [0.717, 1.165) is 0 Å². The lowest BCUT2D eigenvalue weighted by Gasteiger charge is -2.13. The molecule has 3 heteroatoms. The van der Waals surface area contributed by atoms with Crippen LogP contribution in [-0.2, 0) is 16.1 Å². The highest BCUT2D eigenvalue weighted by Gasteiger charge is 2.07. The van der Waals surface area contributed by atoms with Crippen molar-refractivity contribution in [1.29, 1.82) is 0 Å². The highest BCUT2D eigenvalue weighted by Crippen LogP contribution is 2.15. The molecule has 1 aromatic carbocycles. The summed E-state index contributed by atoms with van der Waals surface area (Å²) in [7, 11) is 0. The largest absolute Gasteiger partial charge is 0.461 e. The van der Waals surface area contributed by atoms with Gasteiger partial charge in [0.1, 0.15) is 6.10 Å². The predicted molar refractivity (Wildman–Crippen MR) is 63.2 cm³/mol. The fourth-order valence-corrected chi connectivity index (χ4v) is 1.90. The van der Waals surface area contributed by atoms with Crippen LogP contribution in [-0.4, -0.2) is 16.6 Å². The fraction of sp³-hybridized carbons (Fsp3) is 0.308. The summed E-state index contributed by atoms with van der Waals surface area (Å²) in [5.41, 5.74) is 1.17. The summed E-state index contributed by atoms with van der Waals surface area (Å²) in [5, 5.41) is 1.21. The Kier molecular flexibility index (Phi) is 2.95. The van der Waals surface area contributed by atoms with Crippen molar-refractivity contribution in [2.24, 2.45) is 0 Å². The lowest BCUT2D eigenvalue weighted by molar-refractivity contribution is -0.145. The number of ether oxygens (including phenoxy) is 1. The van der Waals surface area contributed by atoms with Crippen LogP contribution in [0.1, 0.15) is 13.8 Å². The van der Waals surface area contributed by atoms with Crippen molar-refractivity contribution in [2.75, 3.05) is 0 Å². The molecule has 0 saturated carbocycles. The Bertz CT molecular complexity index is 501. The fourth-order valence-electron chi connectivity index (χ4n) is 1.90. The number of para-hydroxylation sites is 1. The molecule has 0 spiro atoms. The minimum Gasteiger partial charge on any atom is -0.461 e. The van der Waals surface area contributed by atoms with Crippen molar-refractivity contribution in [1.82, 2.24) is 4.57 Å². The van der Waals surface area contributed by atoms with E-state index >= 15 is 0 Å². The van der Waals surface area contributed by atoms with Gasteiger partial charge >= 0.3 is 5.97 Å². The van der Waals surface area contributed by atoms with Gasteiger partial charge in [0.05, 0.1) is 6.54 Å². The quantitative estimate of drug-likeness (QED) is 0.740. The third-order valence-electron chi connectivity index (χ3n) is 2.50. The summed E-state index contributed by atoms with van der Waals surface area (Å²) in [6, 6.07) is 10.2. The maximum absolute atomic E-state index is 10.8. The van der Waals surface area contributed by atoms with E-state index in [9.17, 15) is 4.79 Å². The highest BCUT2D eigenvalue weighted by molar-refractivity contribution is 5.79. The zero-order valence-corrected chi connectivity index (χ0v) is 9.51. The molecule has 0 amide bonds. The predicted octanol–water partition coefficient (Wildman–Crippen LogP) is 2.59. The van der Waals surface area contributed by atoms with Crippen molar-refractivity contribution in [3.05, 3.63) is 36.5 Å². The highest BCUT2D eigenvalue weighted by atomic mass is 16.5. The summed E-state index contributed by atoms with van der Waals surface area (Å²) < 4.78 is 7.21. The molecular weight excluding hydrogens is 202 g/mol. The van der Waals surface area contributed by atoms with Gasteiger partial charge in [0.15, 0.2) is 0 Å². The van der Waals surface area contributed by atoms with E-state index in [0.29, 0.717) is 6.54 Å². The number of carbonyl (C=O) groups excluding carboxylic acids is 1. The van der Waals surface area contributed by atoms with Gasteiger partial charge in [0.25, 0.3) is 0 Å². The Balaban J connectivity index is 2.18. The summed E-state index contributed by atoms with van der Waals surface area (Å²) in [6.07, 6.45) is 1.92. The monoisotopic (exact) mass is 217 g/mol. The van der Waals surface area contributed by atoms with Gasteiger partial charge in [0.2, 0.25) is 0 Å². The molecule has 3 nitrogen and oxygen atoms in total. The summed E-state index contributed by atoms with van der Waals surface area (Å²) in [4.78, 5) is 10.8. The molecule has 0 unspecified atom stereocenters. The number of hydrogen-bond donors (Lipinski definition) is 0. The molecule has 0 bridgehead atoms. The van der Waals surface area contributed by atoms with Crippen molar-refractivity contribution in [2.45, 2.75) is 26.5 Å². The van der Waals surface area contributed by atoms with E-state index in [1.54, 1.807) is 0 Å². The Morgan fingerprint density at radius 2 is 2.12 bits per heavy atom.